The second kappa shape index (κ2) is 4.28. The van der Waals surface area contributed by atoms with Gasteiger partial charge in [-0.1, -0.05) is 0 Å². The second-order valence-electron chi connectivity index (χ2n) is 5.93. The summed E-state index contributed by atoms with van der Waals surface area (Å²) in [5.41, 5.74) is 0. The number of hydrogen-bond donors (Lipinski definition) is 1. The summed E-state index contributed by atoms with van der Waals surface area (Å²) in [7, 11) is 0. The van der Waals surface area contributed by atoms with Gasteiger partial charge in [-0.25, -0.2) is 0 Å². The molecule has 2 aliphatic heterocycles. The number of ether oxygens (including phenoxy) is 1. The molecule has 0 aromatic carbocycles. The minimum Gasteiger partial charge on any atom is -0.393 e. The molecule has 1 N–H and O–H groups in total. The Labute approximate surface area is 97.8 Å². The van der Waals surface area contributed by atoms with E-state index in [0.29, 0.717) is 18.1 Å². The number of aliphatic hydroxyl groups is 1. The molecule has 0 aromatic rings. The van der Waals surface area contributed by atoms with Gasteiger partial charge in [0, 0.05) is 25.6 Å². The van der Waals surface area contributed by atoms with Crippen molar-refractivity contribution in [1.82, 2.24) is 4.90 Å². The van der Waals surface area contributed by atoms with Crippen molar-refractivity contribution in [3.63, 3.8) is 0 Å². The lowest BCUT2D eigenvalue weighted by Crippen LogP contribution is -2.32. The van der Waals surface area contributed by atoms with Gasteiger partial charge in [0.1, 0.15) is 0 Å². The van der Waals surface area contributed by atoms with Gasteiger partial charge < -0.3 is 14.7 Å². The van der Waals surface area contributed by atoms with Crippen LogP contribution in [0.4, 0.5) is 0 Å². The monoisotopic (exact) mass is 225 g/mol. The van der Waals surface area contributed by atoms with Gasteiger partial charge in [-0.3, -0.25) is 0 Å². The lowest BCUT2D eigenvalue weighted by molar-refractivity contribution is 0.0325. The van der Waals surface area contributed by atoms with Crippen LogP contribution in [0.25, 0.3) is 0 Å². The van der Waals surface area contributed by atoms with Gasteiger partial charge in [0.15, 0.2) is 0 Å². The summed E-state index contributed by atoms with van der Waals surface area (Å²) in [6.45, 7) is 5.54. The zero-order chi connectivity index (χ0) is 11.1. The lowest BCUT2D eigenvalue weighted by Gasteiger charge is -2.21. The van der Waals surface area contributed by atoms with E-state index in [1.165, 1.54) is 25.8 Å². The number of aliphatic hydroxyl groups excluding tert-OH is 1. The van der Waals surface area contributed by atoms with Crippen molar-refractivity contribution in [3.8, 4) is 0 Å². The Balaban J connectivity index is 1.51. The van der Waals surface area contributed by atoms with Crippen LogP contribution in [0.3, 0.4) is 0 Å². The van der Waals surface area contributed by atoms with Crippen molar-refractivity contribution >= 4 is 0 Å². The van der Waals surface area contributed by atoms with Crippen LogP contribution in [0.5, 0.6) is 0 Å². The molecular weight excluding hydrogens is 202 g/mol. The first-order valence-electron chi connectivity index (χ1n) is 6.78. The lowest BCUT2D eigenvalue weighted by atomic mass is 10.00. The van der Waals surface area contributed by atoms with E-state index in [9.17, 15) is 5.11 Å². The molecule has 1 saturated carbocycles. The Bertz CT molecular complexity index is 258. The molecule has 3 aliphatic rings. The Kier molecular flexibility index (Phi) is 2.94. The smallest absolute Gasteiger partial charge is 0.0706 e. The highest BCUT2D eigenvalue weighted by atomic mass is 16.5. The van der Waals surface area contributed by atoms with Crippen LogP contribution >= 0.6 is 0 Å². The largest absolute Gasteiger partial charge is 0.393 e. The molecule has 2 saturated heterocycles. The summed E-state index contributed by atoms with van der Waals surface area (Å²) in [6, 6.07) is 0. The molecule has 3 rings (SSSR count). The van der Waals surface area contributed by atoms with E-state index in [-0.39, 0.29) is 6.10 Å². The van der Waals surface area contributed by atoms with Crippen molar-refractivity contribution in [1.29, 1.82) is 0 Å². The Morgan fingerprint density at radius 2 is 2.06 bits per heavy atom. The van der Waals surface area contributed by atoms with E-state index >= 15 is 0 Å². The van der Waals surface area contributed by atoms with Gasteiger partial charge in [0.2, 0.25) is 0 Å². The zero-order valence-electron chi connectivity index (χ0n) is 10.1. The standard InChI is InChI=1S/C13H23NO2/c1-9-2-4-11(16-9)7-14-6-10-3-5-13(15)12(10)8-14/h9-13,15H,2-8H2,1H3. The van der Waals surface area contributed by atoms with Crippen LogP contribution in [0, 0.1) is 11.8 Å². The molecule has 16 heavy (non-hydrogen) atoms. The molecule has 2 heterocycles. The molecule has 5 atom stereocenters. The maximum absolute atomic E-state index is 9.86. The Morgan fingerprint density at radius 3 is 2.75 bits per heavy atom. The average Bonchev–Trinajstić information content (AvgIpc) is 2.88. The minimum absolute atomic E-state index is 0.0292. The third-order valence-electron chi connectivity index (χ3n) is 4.68. The van der Waals surface area contributed by atoms with Gasteiger partial charge >= 0.3 is 0 Å². The van der Waals surface area contributed by atoms with Crippen molar-refractivity contribution in [3.05, 3.63) is 0 Å². The molecule has 3 fully saturated rings. The van der Waals surface area contributed by atoms with Crippen LogP contribution in [0.15, 0.2) is 0 Å². The first-order valence-corrected chi connectivity index (χ1v) is 6.78. The predicted octanol–water partition coefficient (Wildman–Crippen LogP) is 1.26. The van der Waals surface area contributed by atoms with Gasteiger partial charge in [-0.05, 0) is 38.5 Å². The first kappa shape index (κ1) is 11.0. The molecule has 1 aliphatic carbocycles. The van der Waals surface area contributed by atoms with E-state index < -0.39 is 0 Å². The quantitative estimate of drug-likeness (QED) is 0.768. The molecule has 0 bridgehead atoms. The molecule has 0 amide bonds. The van der Waals surface area contributed by atoms with Crippen LogP contribution < -0.4 is 0 Å². The van der Waals surface area contributed by atoms with Gasteiger partial charge in [-0.15, -0.1) is 0 Å². The highest BCUT2D eigenvalue weighted by Gasteiger charge is 2.42. The second-order valence-corrected chi connectivity index (χ2v) is 5.93. The molecule has 0 spiro atoms. The topological polar surface area (TPSA) is 32.7 Å². The highest BCUT2D eigenvalue weighted by Crippen LogP contribution is 2.38. The summed E-state index contributed by atoms with van der Waals surface area (Å²) >= 11 is 0. The normalized spacial score (nSPS) is 48.8. The zero-order valence-corrected chi connectivity index (χ0v) is 10.1. The maximum atomic E-state index is 9.86. The molecule has 3 heteroatoms. The van der Waals surface area contributed by atoms with Crippen LogP contribution in [0.1, 0.15) is 32.6 Å². The van der Waals surface area contributed by atoms with E-state index in [2.05, 4.69) is 11.8 Å². The summed E-state index contributed by atoms with van der Waals surface area (Å²) in [4.78, 5) is 2.51. The summed E-state index contributed by atoms with van der Waals surface area (Å²) in [6.07, 6.45) is 5.57. The van der Waals surface area contributed by atoms with Gasteiger partial charge in [-0.2, -0.15) is 0 Å². The number of hydrogen-bond acceptors (Lipinski definition) is 3. The molecular formula is C13H23NO2. The number of rotatable bonds is 2. The molecule has 0 radical (unpaired) electrons. The minimum atomic E-state index is -0.0292. The van der Waals surface area contributed by atoms with Crippen molar-refractivity contribution in [2.45, 2.75) is 50.9 Å². The molecule has 0 aromatic heterocycles. The summed E-state index contributed by atoms with van der Waals surface area (Å²) in [5.74, 6) is 1.31. The first-order chi connectivity index (χ1) is 7.72. The summed E-state index contributed by atoms with van der Waals surface area (Å²) in [5, 5.41) is 9.86. The molecule has 92 valence electrons. The number of nitrogens with zero attached hydrogens (tertiary/aromatic N) is 1. The molecule has 3 nitrogen and oxygen atoms in total. The summed E-state index contributed by atoms with van der Waals surface area (Å²) < 4.78 is 5.87. The third kappa shape index (κ3) is 2.01. The number of fused-ring (bicyclic) bond motifs is 1. The fraction of sp³-hybridized carbons (Fsp3) is 1.00. The average molecular weight is 225 g/mol. The maximum Gasteiger partial charge on any atom is 0.0706 e. The van der Waals surface area contributed by atoms with E-state index in [1.807, 2.05) is 0 Å². The Hall–Kier alpha value is -0.120. The third-order valence-corrected chi connectivity index (χ3v) is 4.68. The van der Waals surface area contributed by atoms with E-state index in [1.54, 1.807) is 0 Å². The van der Waals surface area contributed by atoms with Crippen molar-refractivity contribution < 1.29 is 9.84 Å². The van der Waals surface area contributed by atoms with Crippen molar-refractivity contribution in [2.75, 3.05) is 19.6 Å². The number of likely N-dealkylation sites (tertiary alicyclic amines) is 1. The van der Waals surface area contributed by atoms with Gasteiger partial charge in [0.25, 0.3) is 0 Å². The SMILES string of the molecule is CC1CCC(CN2CC3CCC(O)C3C2)O1. The van der Waals surface area contributed by atoms with Crippen LogP contribution in [-0.4, -0.2) is 48.0 Å². The highest BCUT2D eigenvalue weighted by molar-refractivity contribution is 4.94. The van der Waals surface area contributed by atoms with E-state index in [0.717, 1.165) is 25.4 Å². The van der Waals surface area contributed by atoms with Crippen molar-refractivity contribution in [2.24, 2.45) is 11.8 Å². The van der Waals surface area contributed by atoms with Gasteiger partial charge in [0.05, 0.1) is 18.3 Å². The van der Waals surface area contributed by atoms with Crippen LogP contribution in [-0.2, 0) is 4.74 Å². The fourth-order valence-electron chi connectivity index (χ4n) is 3.79. The van der Waals surface area contributed by atoms with Crippen LogP contribution in [0.2, 0.25) is 0 Å². The fourth-order valence-corrected chi connectivity index (χ4v) is 3.79. The van der Waals surface area contributed by atoms with E-state index in [4.69, 9.17) is 4.74 Å². The predicted molar refractivity (Wildman–Crippen MR) is 62.2 cm³/mol. The molecule has 5 unspecified atom stereocenters. The Morgan fingerprint density at radius 1 is 1.19 bits per heavy atom.